The van der Waals surface area contributed by atoms with E-state index in [-0.39, 0.29) is 11.3 Å². The first kappa shape index (κ1) is 8.49. The van der Waals surface area contributed by atoms with Crippen LogP contribution in [-0.2, 0) is 0 Å². The van der Waals surface area contributed by atoms with Crippen LogP contribution in [0.1, 0.15) is 0 Å². The highest BCUT2D eigenvalue weighted by Crippen LogP contribution is 2.30. The predicted molar refractivity (Wildman–Crippen MR) is 59.5 cm³/mol. The minimum Gasteiger partial charge on any atom is -0.504 e. The molecule has 0 unspecified atom stereocenters. The summed E-state index contributed by atoms with van der Waals surface area (Å²) < 4.78 is 5.66. The Morgan fingerprint density at radius 1 is 1.20 bits per heavy atom. The molecule has 0 spiro atoms. The van der Waals surface area contributed by atoms with Gasteiger partial charge in [-0.3, -0.25) is 0 Å². The molecule has 2 heterocycles. The van der Waals surface area contributed by atoms with E-state index >= 15 is 0 Å². The summed E-state index contributed by atoms with van der Waals surface area (Å²) in [5, 5.41) is 13.0. The second-order valence-electron chi connectivity index (χ2n) is 3.21. The van der Waals surface area contributed by atoms with Crippen LogP contribution in [0, 0.1) is 0 Å². The summed E-state index contributed by atoms with van der Waals surface area (Å²) in [6, 6.07) is 6.92. The molecule has 3 rings (SSSR count). The first-order valence-electron chi connectivity index (χ1n) is 4.39. The maximum atomic E-state index is 11.5. The van der Waals surface area contributed by atoms with Gasteiger partial charge in [-0.25, -0.2) is 4.79 Å². The van der Waals surface area contributed by atoms with E-state index in [1.54, 1.807) is 6.07 Å². The lowest BCUT2D eigenvalue weighted by molar-refractivity contribution is 0.459. The summed E-state index contributed by atoms with van der Waals surface area (Å²) in [6.07, 6.45) is 0. The minimum atomic E-state index is -0.394. The molecule has 74 valence electrons. The molecule has 4 heteroatoms. The zero-order valence-corrected chi connectivity index (χ0v) is 8.38. The Morgan fingerprint density at radius 2 is 2.07 bits per heavy atom. The summed E-state index contributed by atoms with van der Waals surface area (Å²) in [7, 11) is 0. The zero-order valence-electron chi connectivity index (χ0n) is 7.56. The highest BCUT2D eigenvalue weighted by molar-refractivity contribution is 7.17. The van der Waals surface area contributed by atoms with Crippen molar-refractivity contribution in [3.8, 4) is 5.75 Å². The van der Waals surface area contributed by atoms with E-state index < -0.39 is 5.63 Å². The van der Waals surface area contributed by atoms with Gasteiger partial charge in [0, 0.05) is 10.8 Å². The van der Waals surface area contributed by atoms with Crippen molar-refractivity contribution in [1.82, 2.24) is 0 Å². The monoisotopic (exact) mass is 218 g/mol. The third-order valence-electron chi connectivity index (χ3n) is 2.33. The van der Waals surface area contributed by atoms with Crippen molar-refractivity contribution in [2.45, 2.75) is 0 Å². The van der Waals surface area contributed by atoms with Crippen LogP contribution < -0.4 is 5.63 Å². The molecule has 0 radical (unpaired) electrons. The van der Waals surface area contributed by atoms with Crippen LogP contribution in [0.25, 0.3) is 21.1 Å². The average molecular weight is 218 g/mol. The van der Waals surface area contributed by atoms with E-state index in [2.05, 4.69) is 0 Å². The summed E-state index contributed by atoms with van der Waals surface area (Å²) >= 11 is 1.35. The van der Waals surface area contributed by atoms with Crippen LogP contribution in [0.4, 0.5) is 0 Å². The third-order valence-corrected chi connectivity index (χ3v) is 3.22. The van der Waals surface area contributed by atoms with Gasteiger partial charge in [0.25, 0.3) is 0 Å². The lowest BCUT2D eigenvalue weighted by Gasteiger charge is -1.99. The number of para-hydroxylation sites is 1. The van der Waals surface area contributed by atoms with Crippen molar-refractivity contribution < 1.29 is 9.52 Å². The number of phenolic OH excluding ortho intramolecular Hbond substituents is 1. The molecule has 1 aromatic carbocycles. The summed E-state index contributed by atoms with van der Waals surface area (Å²) in [5.41, 5.74) is -0.137. The highest BCUT2D eigenvalue weighted by Gasteiger charge is 2.10. The fraction of sp³-hybridized carbons (Fsp3) is 0. The Labute approximate surface area is 88.2 Å². The van der Waals surface area contributed by atoms with Gasteiger partial charge in [-0.15, -0.1) is 11.3 Å². The molecule has 0 aliphatic carbocycles. The van der Waals surface area contributed by atoms with Gasteiger partial charge >= 0.3 is 5.63 Å². The topological polar surface area (TPSA) is 50.4 Å². The molecule has 0 saturated carbocycles. The molecule has 0 atom stereocenters. The predicted octanol–water partition coefficient (Wildman–Crippen LogP) is 2.71. The van der Waals surface area contributed by atoms with Gasteiger partial charge in [-0.1, -0.05) is 12.1 Å². The van der Waals surface area contributed by atoms with E-state index in [1.807, 2.05) is 17.5 Å². The van der Waals surface area contributed by atoms with Crippen LogP contribution in [0.5, 0.6) is 5.75 Å². The zero-order chi connectivity index (χ0) is 10.4. The first-order valence-corrected chi connectivity index (χ1v) is 5.27. The lowest BCUT2D eigenvalue weighted by atomic mass is 10.1. The van der Waals surface area contributed by atoms with E-state index in [4.69, 9.17) is 4.42 Å². The van der Waals surface area contributed by atoms with Gasteiger partial charge in [-0.05, 0) is 17.5 Å². The van der Waals surface area contributed by atoms with E-state index in [9.17, 15) is 9.90 Å². The maximum Gasteiger partial charge on any atom is 0.354 e. The number of thiophene rings is 1. The summed E-state index contributed by atoms with van der Waals surface area (Å²) in [6.45, 7) is 0. The standard InChI is InChI=1S/C11H6O3S/c12-8-3-1-2-6-7-4-5-15-10(7)11(13)14-9(6)8/h1-5,12H. The largest absolute Gasteiger partial charge is 0.504 e. The Morgan fingerprint density at radius 3 is 2.93 bits per heavy atom. The van der Waals surface area contributed by atoms with Crippen molar-refractivity contribution >= 4 is 32.4 Å². The van der Waals surface area contributed by atoms with Crippen LogP contribution in [0.3, 0.4) is 0 Å². The van der Waals surface area contributed by atoms with Crippen molar-refractivity contribution in [3.05, 3.63) is 40.1 Å². The van der Waals surface area contributed by atoms with Crippen molar-refractivity contribution in [2.75, 3.05) is 0 Å². The van der Waals surface area contributed by atoms with E-state index in [1.165, 1.54) is 17.4 Å². The highest BCUT2D eigenvalue weighted by atomic mass is 32.1. The van der Waals surface area contributed by atoms with Gasteiger partial charge in [0.15, 0.2) is 11.3 Å². The van der Waals surface area contributed by atoms with Gasteiger partial charge in [-0.2, -0.15) is 0 Å². The second-order valence-corrected chi connectivity index (χ2v) is 4.12. The molecule has 0 amide bonds. The molecular formula is C11H6O3S. The Balaban J connectivity index is 2.72. The molecular weight excluding hydrogens is 212 g/mol. The van der Waals surface area contributed by atoms with Gasteiger partial charge < -0.3 is 9.52 Å². The normalized spacial score (nSPS) is 11.2. The third kappa shape index (κ3) is 1.08. The Kier molecular flexibility index (Phi) is 1.61. The molecule has 0 fully saturated rings. The molecule has 0 bridgehead atoms. The lowest BCUT2D eigenvalue weighted by Crippen LogP contribution is -1.96. The first-order chi connectivity index (χ1) is 7.27. The minimum absolute atomic E-state index is 0.00213. The van der Waals surface area contributed by atoms with Crippen molar-refractivity contribution in [1.29, 1.82) is 0 Å². The average Bonchev–Trinajstić information content (AvgIpc) is 2.69. The molecule has 2 aromatic heterocycles. The van der Waals surface area contributed by atoms with Gasteiger partial charge in [0.1, 0.15) is 4.70 Å². The molecule has 0 saturated heterocycles. The number of aromatic hydroxyl groups is 1. The molecule has 1 N–H and O–H groups in total. The van der Waals surface area contributed by atoms with Gasteiger partial charge in [0.05, 0.1) is 0 Å². The SMILES string of the molecule is O=c1oc2c(O)cccc2c2ccsc12. The molecule has 0 aliphatic rings. The fourth-order valence-electron chi connectivity index (χ4n) is 1.66. The smallest absolute Gasteiger partial charge is 0.354 e. The van der Waals surface area contributed by atoms with E-state index in [0.717, 1.165) is 10.8 Å². The molecule has 0 aliphatic heterocycles. The van der Waals surface area contributed by atoms with E-state index in [0.29, 0.717) is 4.70 Å². The summed E-state index contributed by atoms with van der Waals surface area (Å²) in [5.74, 6) is -0.00213. The molecule has 15 heavy (non-hydrogen) atoms. The number of rotatable bonds is 0. The number of phenols is 1. The van der Waals surface area contributed by atoms with Crippen LogP contribution >= 0.6 is 11.3 Å². The summed E-state index contributed by atoms with van der Waals surface area (Å²) in [4.78, 5) is 11.5. The second kappa shape index (κ2) is 2.84. The maximum absolute atomic E-state index is 11.5. The quantitative estimate of drug-likeness (QED) is 0.590. The van der Waals surface area contributed by atoms with Crippen molar-refractivity contribution in [2.24, 2.45) is 0 Å². The Bertz CT molecular complexity index is 708. The molecule has 3 aromatic rings. The fourth-order valence-corrected chi connectivity index (χ4v) is 2.45. The van der Waals surface area contributed by atoms with Crippen LogP contribution in [0.2, 0.25) is 0 Å². The Hall–Kier alpha value is -1.81. The number of fused-ring (bicyclic) bond motifs is 3. The number of hydrogen-bond donors (Lipinski definition) is 1. The van der Waals surface area contributed by atoms with Crippen LogP contribution in [0.15, 0.2) is 38.9 Å². The van der Waals surface area contributed by atoms with Crippen LogP contribution in [-0.4, -0.2) is 5.11 Å². The van der Waals surface area contributed by atoms with Gasteiger partial charge in [0.2, 0.25) is 0 Å². The number of benzene rings is 1. The van der Waals surface area contributed by atoms with Crippen molar-refractivity contribution in [3.63, 3.8) is 0 Å². The number of hydrogen-bond acceptors (Lipinski definition) is 4. The molecule has 3 nitrogen and oxygen atoms in total.